The van der Waals surface area contributed by atoms with Crippen molar-refractivity contribution in [2.45, 2.75) is 309 Å². The summed E-state index contributed by atoms with van der Waals surface area (Å²) in [6.45, 7) is 4.61. The predicted octanol–water partition coefficient (Wildman–Crippen LogP) is 20.1. The lowest BCUT2D eigenvalue weighted by molar-refractivity contribution is -0.870. The van der Waals surface area contributed by atoms with E-state index in [0.29, 0.717) is 23.9 Å². The lowest BCUT2D eigenvalue weighted by atomic mass is 10.0. The van der Waals surface area contributed by atoms with Crippen molar-refractivity contribution in [3.05, 3.63) is 85.1 Å². The van der Waals surface area contributed by atoms with E-state index in [-0.39, 0.29) is 19.1 Å². The molecule has 0 rings (SSSR count). The normalized spacial score (nSPS) is 14.3. The molecule has 2 N–H and O–H groups in total. The van der Waals surface area contributed by atoms with Gasteiger partial charge in [-0.2, -0.15) is 0 Å². The first-order valence-corrected chi connectivity index (χ1v) is 34.4. The van der Waals surface area contributed by atoms with Crippen molar-refractivity contribution in [1.82, 2.24) is 5.32 Å². The molecule has 3 atom stereocenters. The number of amides is 1. The van der Waals surface area contributed by atoms with Crippen molar-refractivity contribution in [2.24, 2.45) is 0 Å². The smallest absolute Gasteiger partial charge is 0.268 e. The summed E-state index contributed by atoms with van der Waals surface area (Å²) < 4.78 is 23.5. The molecular weight excluding hydrogens is 984 g/mol. The van der Waals surface area contributed by atoms with E-state index in [1.165, 1.54) is 180 Å². The number of allylic oxidation sites excluding steroid dienone is 14. The van der Waals surface area contributed by atoms with Crippen molar-refractivity contribution >= 4 is 13.7 Å². The largest absolute Gasteiger partial charge is 0.756 e. The van der Waals surface area contributed by atoms with Gasteiger partial charge in [-0.15, -0.1) is 0 Å². The number of aliphatic hydroxyl groups is 1. The molecule has 8 nitrogen and oxygen atoms in total. The summed E-state index contributed by atoms with van der Waals surface area (Å²) in [6.07, 6.45) is 83.6. The van der Waals surface area contributed by atoms with Crippen LogP contribution in [0.25, 0.3) is 0 Å². The molecule has 0 saturated carbocycles. The van der Waals surface area contributed by atoms with E-state index in [0.717, 1.165) is 89.9 Å². The molecule has 3 unspecified atom stereocenters. The Morgan fingerprint density at radius 3 is 1.13 bits per heavy atom. The first-order valence-electron chi connectivity index (χ1n) is 32.9. The van der Waals surface area contributed by atoms with Gasteiger partial charge in [-0.3, -0.25) is 9.36 Å². The van der Waals surface area contributed by atoms with Crippen LogP contribution < -0.4 is 10.2 Å². The molecule has 0 fully saturated rings. The van der Waals surface area contributed by atoms with Crippen LogP contribution in [0, 0.1) is 0 Å². The van der Waals surface area contributed by atoms with E-state index in [9.17, 15) is 19.4 Å². The van der Waals surface area contributed by atoms with Gasteiger partial charge in [0.2, 0.25) is 5.91 Å². The van der Waals surface area contributed by atoms with Gasteiger partial charge >= 0.3 is 0 Å². The third kappa shape index (κ3) is 61.3. The number of quaternary nitrogens is 1. The second-order valence-electron chi connectivity index (χ2n) is 23.4. The molecule has 0 aromatic carbocycles. The first-order chi connectivity index (χ1) is 38.0. The maximum atomic E-state index is 13.0. The van der Waals surface area contributed by atoms with Crippen molar-refractivity contribution < 1.29 is 32.9 Å². The number of hydrogen-bond donors (Lipinski definition) is 2. The van der Waals surface area contributed by atoms with Gasteiger partial charge in [0.1, 0.15) is 13.2 Å². The highest BCUT2D eigenvalue weighted by molar-refractivity contribution is 7.45. The Hall–Kier alpha value is -2.32. The van der Waals surface area contributed by atoms with Gasteiger partial charge in [0, 0.05) is 6.42 Å². The summed E-state index contributed by atoms with van der Waals surface area (Å²) in [6, 6.07) is -0.827. The Morgan fingerprint density at radius 2 is 0.782 bits per heavy atom. The Bertz CT molecular complexity index is 1550. The van der Waals surface area contributed by atoms with Gasteiger partial charge in [-0.25, -0.2) is 0 Å². The van der Waals surface area contributed by atoms with E-state index in [2.05, 4.69) is 104 Å². The van der Waals surface area contributed by atoms with E-state index in [1.54, 1.807) is 0 Å². The molecule has 454 valence electrons. The molecule has 78 heavy (non-hydrogen) atoms. The zero-order valence-corrected chi connectivity index (χ0v) is 52.7. The first kappa shape index (κ1) is 75.7. The fourth-order valence-corrected chi connectivity index (χ4v) is 10.3. The zero-order chi connectivity index (χ0) is 57.0. The number of nitrogens with zero attached hydrogens (tertiary/aromatic N) is 1. The van der Waals surface area contributed by atoms with Crippen molar-refractivity contribution in [2.75, 3.05) is 40.9 Å². The van der Waals surface area contributed by atoms with Gasteiger partial charge in [-0.1, -0.05) is 304 Å². The fraction of sp³-hybridized carbons (Fsp3) is 0.783. The number of unbranched alkanes of at least 4 members (excludes halogenated alkanes) is 33. The minimum absolute atomic E-state index is 0.00123. The third-order valence-electron chi connectivity index (χ3n) is 14.6. The van der Waals surface area contributed by atoms with Gasteiger partial charge in [-0.05, 0) is 70.6 Å². The number of hydrogen-bond acceptors (Lipinski definition) is 6. The molecule has 0 radical (unpaired) electrons. The second kappa shape index (κ2) is 59.3. The Kier molecular flexibility index (Phi) is 57.5. The Balaban J connectivity index is 4.14. The van der Waals surface area contributed by atoms with Crippen LogP contribution in [0.3, 0.4) is 0 Å². The van der Waals surface area contributed by atoms with Crippen molar-refractivity contribution in [1.29, 1.82) is 0 Å². The van der Waals surface area contributed by atoms with E-state index >= 15 is 0 Å². The number of carbonyl (C=O) groups is 1. The highest BCUT2D eigenvalue weighted by Crippen LogP contribution is 2.38. The van der Waals surface area contributed by atoms with Crippen molar-refractivity contribution in [3.63, 3.8) is 0 Å². The maximum absolute atomic E-state index is 13.0. The minimum Gasteiger partial charge on any atom is -0.756 e. The number of rotatable bonds is 60. The number of phosphoric acid groups is 1. The lowest BCUT2D eigenvalue weighted by Gasteiger charge is -2.30. The van der Waals surface area contributed by atoms with Crippen LogP contribution in [0.1, 0.15) is 296 Å². The molecule has 1 amide bonds. The monoisotopic (exact) mass is 1110 g/mol. The van der Waals surface area contributed by atoms with Gasteiger partial charge in [0.15, 0.2) is 0 Å². The number of likely N-dealkylation sites (N-methyl/N-ethyl adjacent to an activating group) is 1. The van der Waals surface area contributed by atoms with Crippen LogP contribution >= 0.6 is 7.82 Å². The van der Waals surface area contributed by atoms with Crippen LogP contribution in [0.4, 0.5) is 0 Å². The van der Waals surface area contributed by atoms with Gasteiger partial charge in [0.25, 0.3) is 7.82 Å². The molecule has 0 aliphatic rings. The van der Waals surface area contributed by atoms with E-state index < -0.39 is 20.0 Å². The maximum Gasteiger partial charge on any atom is 0.268 e. The second-order valence-corrected chi connectivity index (χ2v) is 24.9. The Morgan fingerprint density at radius 1 is 0.462 bits per heavy atom. The standard InChI is InChI=1S/C69H127N2O6P/c1-6-8-10-12-14-16-18-20-22-24-26-28-30-32-33-34-35-36-37-39-40-42-44-46-48-50-52-54-56-58-60-62-68(72)67(66-77-78(74,75)76-65-64-71(3,4)5)70-69(73)63-61-59-57-55-53-51-49-47-45-43-41-38-31-29-27-25-23-21-19-17-15-13-11-9-7-2/h9,11,15,17,21,23,27,29,38,41,45,47,51,53,67-68,72H,6-8,10,12-14,16,18-20,22,24-26,28,30-37,39-40,42-44,46,48-50,52,54-66H2,1-5H3,(H-,70,73,74,75)/b11-9-,17-15-,23-21-,29-27-,41-38-,47-45-,53-51-. The highest BCUT2D eigenvalue weighted by Gasteiger charge is 2.24. The summed E-state index contributed by atoms with van der Waals surface area (Å²) in [5.41, 5.74) is 0. The predicted molar refractivity (Wildman–Crippen MR) is 339 cm³/mol. The summed E-state index contributed by atoms with van der Waals surface area (Å²) >= 11 is 0. The number of aliphatic hydroxyl groups excluding tert-OH is 1. The van der Waals surface area contributed by atoms with Crippen LogP contribution in [0.2, 0.25) is 0 Å². The summed E-state index contributed by atoms with van der Waals surface area (Å²) in [5.74, 6) is -0.196. The van der Waals surface area contributed by atoms with E-state index in [1.807, 2.05) is 21.1 Å². The van der Waals surface area contributed by atoms with Crippen molar-refractivity contribution in [3.8, 4) is 0 Å². The van der Waals surface area contributed by atoms with Crippen LogP contribution in [-0.2, 0) is 18.4 Å². The minimum atomic E-state index is -4.59. The topological polar surface area (TPSA) is 108 Å². The van der Waals surface area contributed by atoms with Crippen LogP contribution in [-0.4, -0.2) is 68.5 Å². The SMILES string of the molecule is CC/C=C\C/C=C\C/C=C\C/C=C\C/C=C\C/C=C\C/C=C\CCCCCC(=O)NC(COP(=O)([O-])OCC[N+](C)(C)C)C(O)CCCCCCCCCCCCCCCCCCCCCCCCCCCCCCCCC. The molecule has 0 aliphatic carbocycles. The molecule has 0 saturated heterocycles. The van der Waals surface area contributed by atoms with Crippen LogP contribution in [0.15, 0.2) is 85.1 Å². The average molecular weight is 1110 g/mol. The molecule has 9 heteroatoms. The number of carbonyl (C=O) groups excluding carboxylic acids is 1. The summed E-state index contributed by atoms with van der Waals surface area (Å²) in [4.78, 5) is 25.6. The number of phosphoric ester groups is 1. The molecule has 0 heterocycles. The highest BCUT2D eigenvalue weighted by atomic mass is 31.2. The average Bonchev–Trinajstić information content (AvgIpc) is 3.41. The molecule has 0 bridgehead atoms. The summed E-state index contributed by atoms with van der Waals surface area (Å²) in [7, 11) is 1.28. The molecule has 0 aliphatic heterocycles. The summed E-state index contributed by atoms with van der Waals surface area (Å²) in [5, 5.41) is 14.1. The third-order valence-corrected chi connectivity index (χ3v) is 15.6. The Labute approximate surface area is 484 Å². The van der Waals surface area contributed by atoms with Gasteiger partial charge in [0.05, 0.1) is 39.9 Å². The lowest BCUT2D eigenvalue weighted by Crippen LogP contribution is -2.46. The quantitative estimate of drug-likeness (QED) is 0.0272. The van der Waals surface area contributed by atoms with Gasteiger partial charge < -0.3 is 28.8 Å². The van der Waals surface area contributed by atoms with E-state index in [4.69, 9.17) is 9.05 Å². The van der Waals surface area contributed by atoms with Crippen LogP contribution in [0.5, 0.6) is 0 Å². The fourth-order valence-electron chi connectivity index (χ4n) is 9.55. The number of nitrogens with one attached hydrogen (secondary N) is 1. The zero-order valence-electron chi connectivity index (χ0n) is 51.9. The molecule has 0 spiro atoms. The molecule has 0 aromatic rings. The molecule has 0 aromatic heterocycles. The molecular formula is C69H127N2O6P.